The molecule has 0 heterocycles. The maximum Gasteiger partial charge on any atom is 0.191 e. The third kappa shape index (κ3) is 7.28. The van der Waals surface area contributed by atoms with E-state index in [4.69, 9.17) is 0 Å². The van der Waals surface area contributed by atoms with Crippen molar-refractivity contribution in [1.29, 1.82) is 0 Å². The van der Waals surface area contributed by atoms with Crippen LogP contribution in [0.3, 0.4) is 0 Å². The van der Waals surface area contributed by atoms with Crippen molar-refractivity contribution in [3.8, 4) is 0 Å². The van der Waals surface area contributed by atoms with Gasteiger partial charge in [-0.3, -0.25) is 0 Å². The lowest BCUT2D eigenvalue weighted by molar-refractivity contribution is 0.594. The predicted octanol–water partition coefficient (Wildman–Crippen LogP) is 2.97. The van der Waals surface area contributed by atoms with Gasteiger partial charge in [-0.25, -0.2) is 17.8 Å². The van der Waals surface area contributed by atoms with Crippen molar-refractivity contribution in [3.63, 3.8) is 0 Å². The van der Waals surface area contributed by atoms with Gasteiger partial charge < -0.3 is 10.6 Å². The van der Waals surface area contributed by atoms with Crippen LogP contribution in [0, 0.1) is 5.82 Å². The van der Waals surface area contributed by atoms with E-state index < -0.39 is 9.84 Å². The first-order chi connectivity index (χ1) is 12.0. The number of sulfone groups is 1. The minimum Gasteiger partial charge on any atom is -0.357 e. The second-order valence-corrected chi connectivity index (χ2v) is 7.49. The summed E-state index contributed by atoms with van der Waals surface area (Å²) in [6.45, 7) is 3.09. The number of hydrogen-bond donors (Lipinski definition) is 2. The summed E-state index contributed by atoms with van der Waals surface area (Å²) in [5, 5.41) is 6.04. The lowest BCUT2D eigenvalue weighted by atomic mass is 10.2. The lowest BCUT2D eigenvalue weighted by Gasteiger charge is -2.11. The van der Waals surface area contributed by atoms with Gasteiger partial charge in [0, 0.05) is 13.1 Å². The largest absolute Gasteiger partial charge is 0.357 e. The molecule has 0 aromatic heterocycles. The molecule has 0 saturated heterocycles. The van der Waals surface area contributed by atoms with Crippen LogP contribution in [0.4, 0.5) is 4.39 Å². The van der Waals surface area contributed by atoms with E-state index in [0.717, 1.165) is 5.56 Å². The third-order valence-electron chi connectivity index (χ3n) is 3.42. The van der Waals surface area contributed by atoms with Crippen LogP contribution in [0.5, 0.6) is 0 Å². The molecule has 0 amide bonds. The van der Waals surface area contributed by atoms with Crippen molar-refractivity contribution in [2.24, 2.45) is 4.99 Å². The van der Waals surface area contributed by atoms with Crippen molar-refractivity contribution in [1.82, 2.24) is 10.6 Å². The standard InChI is InChI=1S/C18H22FN3O2S.HI/c1-2-20-18(22-14-15-7-6-8-16(19)13-15)21-11-12-25(23,24)17-9-4-3-5-10-17;/h3-10,13H,2,11-12,14H2,1H3,(H2,20,21,22);1H. The average molecular weight is 491 g/mol. The monoisotopic (exact) mass is 491 g/mol. The Morgan fingerprint density at radius 3 is 2.46 bits per heavy atom. The van der Waals surface area contributed by atoms with Gasteiger partial charge in [-0.1, -0.05) is 30.3 Å². The number of rotatable bonds is 7. The van der Waals surface area contributed by atoms with E-state index in [2.05, 4.69) is 15.6 Å². The molecule has 0 unspecified atom stereocenters. The Labute approximate surface area is 171 Å². The quantitative estimate of drug-likeness (QED) is 0.355. The number of guanidine groups is 1. The molecule has 0 saturated carbocycles. The van der Waals surface area contributed by atoms with Crippen LogP contribution in [0.2, 0.25) is 0 Å². The van der Waals surface area contributed by atoms with Crippen LogP contribution in [-0.4, -0.2) is 33.2 Å². The molecule has 8 heteroatoms. The molecule has 0 spiro atoms. The fourth-order valence-corrected chi connectivity index (χ4v) is 3.38. The molecular weight excluding hydrogens is 468 g/mol. The van der Waals surface area contributed by atoms with E-state index in [0.29, 0.717) is 23.9 Å². The van der Waals surface area contributed by atoms with Crippen molar-refractivity contribution in [2.75, 3.05) is 18.8 Å². The molecule has 2 rings (SSSR count). The molecule has 0 aliphatic rings. The molecule has 5 nitrogen and oxygen atoms in total. The van der Waals surface area contributed by atoms with E-state index in [1.807, 2.05) is 6.92 Å². The first-order valence-electron chi connectivity index (χ1n) is 8.05. The van der Waals surface area contributed by atoms with Crippen LogP contribution >= 0.6 is 24.0 Å². The van der Waals surface area contributed by atoms with E-state index >= 15 is 0 Å². The van der Waals surface area contributed by atoms with Gasteiger partial charge in [0.05, 0.1) is 17.2 Å². The molecular formula is C18H23FIN3O2S. The predicted molar refractivity (Wildman–Crippen MR) is 113 cm³/mol. The summed E-state index contributed by atoms with van der Waals surface area (Å²) in [6, 6.07) is 14.6. The van der Waals surface area contributed by atoms with E-state index in [1.54, 1.807) is 42.5 Å². The number of halogens is 2. The van der Waals surface area contributed by atoms with E-state index in [-0.39, 0.29) is 42.1 Å². The molecule has 2 aromatic carbocycles. The minimum absolute atomic E-state index is 0. The highest BCUT2D eigenvalue weighted by molar-refractivity contribution is 14.0. The van der Waals surface area contributed by atoms with Crippen LogP contribution in [0.25, 0.3) is 0 Å². The molecule has 2 aromatic rings. The maximum absolute atomic E-state index is 13.2. The molecule has 0 aliphatic carbocycles. The van der Waals surface area contributed by atoms with Crippen LogP contribution in [-0.2, 0) is 16.4 Å². The fourth-order valence-electron chi connectivity index (χ4n) is 2.20. The molecule has 0 fully saturated rings. The molecule has 26 heavy (non-hydrogen) atoms. The summed E-state index contributed by atoms with van der Waals surface area (Å²) in [6.07, 6.45) is 0. The maximum atomic E-state index is 13.2. The van der Waals surface area contributed by atoms with Gasteiger partial charge in [-0.15, -0.1) is 24.0 Å². The zero-order valence-electron chi connectivity index (χ0n) is 14.5. The first-order valence-corrected chi connectivity index (χ1v) is 9.71. The van der Waals surface area contributed by atoms with E-state index in [1.165, 1.54) is 12.1 Å². The van der Waals surface area contributed by atoms with Gasteiger partial charge in [0.15, 0.2) is 15.8 Å². The van der Waals surface area contributed by atoms with Gasteiger partial charge in [-0.2, -0.15) is 0 Å². The molecule has 0 radical (unpaired) electrons. The molecule has 0 atom stereocenters. The number of aliphatic imine (C=N–C) groups is 1. The van der Waals surface area contributed by atoms with Crippen molar-refractivity contribution in [2.45, 2.75) is 18.4 Å². The SMILES string of the molecule is CCNC(=NCc1cccc(F)c1)NCCS(=O)(=O)c1ccccc1.I. The Kier molecular flexibility index (Phi) is 9.57. The number of hydrogen-bond acceptors (Lipinski definition) is 3. The number of benzene rings is 2. The van der Waals surface area contributed by atoms with E-state index in [9.17, 15) is 12.8 Å². The summed E-state index contributed by atoms with van der Waals surface area (Å²) in [7, 11) is -3.34. The number of nitrogens with zero attached hydrogens (tertiary/aromatic N) is 1. The molecule has 0 bridgehead atoms. The highest BCUT2D eigenvalue weighted by atomic mass is 127. The summed E-state index contributed by atoms with van der Waals surface area (Å²) >= 11 is 0. The van der Waals surface area contributed by atoms with Crippen LogP contribution < -0.4 is 10.6 Å². The molecule has 2 N–H and O–H groups in total. The summed E-state index contributed by atoms with van der Waals surface area (Å²) in [5.74, 6) is 0.149. The van der Waals surface area contributed by atoms with Gasteiger partial charge >= 0.3 is 0 Å². The summed E-state index contributed by atoms with van der Waals surface area (Å²) in [4.78, 5) is 4.65. The summed E-state index contributed by atoms with van der Waals surface area (Å²) in [5.41, 5.74) is 0.745. The number of nitrogens with one attached hydrogen (secondary N) is 2. The second-order valence-electron chi connectivity index (χ2n) is 5.38. The topological polar surface area (TPSA) is 70.6 Å². The van der Waals surface area contributed by atoms with Gasteiger partial charge in [0.2, 0.25) is 0 Å². The van der Waals surface area contributed by atoms with Crippen LogP contribution in [0.1, 0.15) is 12.5 Å². The normalized spacial score (nSPS) is 11.5. The van der Waals surface area contributed by atoms with Gasteiger partial charge in [0.25, 0.3) is 0 Å². The molecule has 142 valence electrons. The minimum atomic E-state index is -3.34. The van der Waals surface area contributed by atoms with Gasteiger partial charge in [0.1, 0.15) is 5.82 Å². The Balaban J connectivity index is 0.00000338. The van der Waals surface area contributed by atoms with Crippen LogP contribution in [0.15, 0.2) is 64.5 Å². The highest BCUT2D eigenvalue weighted by Gasteiger charge is 2.13. The zero-order valence-corrected chi connectivity index (χ0v) is 17.6. The average Bonchev–Trinajstić information content (AvgIpc) is 2.60. The Morgan fingerprint density at radius 1 is 1.08 bits per heavy atom. The zero-order chi connectivity index (χ0) is 18.1. The lowest BCUT2D eigenvalue weighted by Crippen LogP contribution is -2.39. The summed E-state index contributed by atoms with van der Waals surface area (Å²) < 4.78 is 37.7. The second kappa shape index (κ2) is 11.1. The van der Waals surface area contributed by atoms with Crippen molar-refractivity contribution < 1.29 is 12.8 Å². The Morgan fingerprint density at radius 2 is 1.81 bits per heavy atom. The smallest absolute Gasteiger partial charge is 0.191 e. The Hall–Kier alpha value is -1.68. The molecule has 0 aliphatic heterocycles. The van der Waals surface area contributed by atoms with Crippen molar-refractivity contribution in [3.05, 3.63) is 66.0 Å². The Bertz CT molecular complexity index is 814. The first kappa shape index (κ1) is 22.4. The van der Waals surface area contributed by atoms with Gasteiger partial charge in [-0.05, 0) is 36.8 Å². The fraction of sp³-hybridized carbons (Fsp3) is 0.278. The van der Waals surface area contributed by atoms with Crippen molar-refractivity contribution >= 4 is 39.8 Å². The third-order valence-corrected chi connectivity index (χ3v) is 5.15. The highest BCUT2D eigenvalue weighted by Crippen LogP contribution is 2.09.